The van der Waals surface area contributed by atoms with E-state index in [1.807, 2.05) is 0 Å². The molecule has 0 saturated carbocycles. The summed E-state index contributed by atoms with van der Waals surface area (Å²) in [5.41, 5.74) is 0. The summed E-state index contributed by atoms with van der Waals surface area (Å²) in [5.74, 6) is 0.928. The Balaban J connectivity index is 1.84. The summed E-state index contributed by atoms with van der Waals surface area (Å²) in [6, 6.07) is 0. The second-order valence-corrected chi connectivity index (χ2v) is 7.14. The van der Waals surface area contributed by atoms with Crippen LogP contribution >= 0.6 is 0 Å². The third kappa shape index (κ3) is 1.75. The third-order valence-corrected chi connectivity index (χ3v) is 5.79. The molecule has 18 heavy (non-hydrogen) atoms. The van der Waals surface area contributed by atoms with Crippen LogP contribution in [0.25, 0.3) is 0 Å². The molecule has 8 heteroatoms. The highest BCUT2D eigenvalue weighted by Gasteiger charge is 2.44. The molecule has 0 unspecified atom stereocenters. The van der Waals surface area contributed by atoms with E-state index in [0.717, 1.165) is 13.1 Å². The predicted molar refractivity (Wildman–Crippen MR) is 64.2 cm³/mol. The second-order valence-electron chi connectivity index (χ2n) is 5.26. The summed E-state index contributed by atoms with van der Waals surface area (Å²) in [6.07, 6.45) is 1.32. The van der Waals surface area contributed by atoms with Crippen molar-refractivity contribution in [1.29, 1.82) is 0 Å². The number of hydrogen-bond donors (Lipinski definition) is 0. The van der Waals surface area contributed by atoms with Gasteiger partial charge in [-0.25, -0.2) is 13.1 Å². The first-order valence-electron chi connectivity index (χ1n) is 6.02. The van der Waals surface area contributed by atoms with Crippen molar-refractivity contribution in [2.75, 3.05) is 33.2 Å². The highest BCUT2D eigenvalue weighted by Crippen LogP contribution is 2.33. The van der Waals surface area contributed by atoms with E-state index in [1.165, 1.54) is 10.9 Å². The van der Waals surface area contributed by atoms with Crippen molar-refractivity contribution in [3.8, 4) is 0 Å². The lowest BCUT2D eigenvalue weighted by atomic mass is 10.0. The van der Waals surface area contributed by atoms with E-state index in [4.69, 9.17) is 0 Å². The molecule has 0 aliphatic carbocycles. The molecule has 0 amide bonds. The Morgan fingerprint density at radius 1 is 1.17 bits per heavy atom. The van der Waals surface area contributed by atoms with Crippen LogP contribution in [0.3, 0.4) is 0 Å². The first-order chi connectivity index (χ1) is 8.48. The molecule has 0 radical (unpaired) electrons. The van der Waals surface area contributed by atoms with E-state index in [2.05, 4.69) is 22.3 Å². The number of hydrogen-bond acceptors (Lipinski definition) is 5. The zero-order chi connectivity index (χ0) is 12.9. The molecule has 1 aromatic heterocycles. The van der Waals surface area contributed by atoms with Gasteiger partial charge >= 0.3 is 0 Å². The van der Waals surface area contributed by atoms with Crippen molar-refractivity contribution in [3.63, 3.8) is 0 Å². The van der Waals surface area contributed by atoms with Crippen LogP contribution < -0.4 is 0 Å². The van der Waals surface area contributed by atoms with Gasteiger partial charge in [0.25, 0.3) is 10.0 Å². The molecule has 0 spiro atoms. The van der Waals surface area contributed by atoms with Gasteiger partial charge in [-0.05, 0) is 18.9 Å². The van der Waals surface area contributed by atoms with Crippen LogP contribution in [0, 0.1) is 11.8 Å². The summed E-state index contributed by atoms with van der Waals surface area (Å²) in [7, 11) is 0.254. The Bertz CT molecular complexity index is 540. The van der Waals surface area contributed by atoms with E-state index >= 15 is 0 Å². The number of aryl methyl sites for hydroxylation is 1. The molecule has 0 bridgehead atoms. The zero-order valence-electron chi connectivity index (χ0n) is 10.5. The maximum atomic E-state index is 12.4. The van der Waals surface area contributed by atoms with E-state index < -0.39 is 10.0 Å². The van der Waals surface area contributed by atoms with Crippen LogP contribution in [0.15, 0.2) is 11.2 Å². The lowest BCUT2D eigenvalue weighted by Crippen LogP contribution is -2.33. The number of sulfonamides is 1. The Morgan fingerprint density at radius 3 is 2.28 bits per heavy atom. The molecule has 2 saturated heterocycles. The summed E-state index contributed by atoms with van der Waals surface area (Å²) >= 11 is 0. The van der Waals surface area contributed by atoms with Gasteiger partial charge in [0.05, 0.1) is 6.20 Å². The molecule has 3 heterocycles. The molecule has 2 aliphatic rings. The topological polar surface area (TPSA) is 71.3 Å². The van der Waals surface area contributed by atoms with E-state index in [1.54, 1.807) is 11.4 Å². The zero-order valence-corrected chi connectivity index (χ0v) is 11.3. The van der Waals surface area contributed by atoms with Gasteiger partial charge in [-0.15, -0.1) is 5.10 Å². The van der Waals surface area contributed by atoms with E-state index in [0.29, 0.717) is 24.9 Å². The molecule has 7 nitrogen and oxygen atoms in total. The van der Waals surface area contributed by atoms with Gasteiger partial charge in [-0.3, -0.25) is 0 Å². The fourth-order valence-corrected chi connectivity index (χ4v) is 4.62. The number of fused-ring (bicyclic) bond motifs is 1. The molecule has 100 valence electrons. The van der Waals surface area contributed by atoms with Crippen molar-refractivity contribution in [2.24, 2.45) is 18.9 Å². The van der Waals surface area contributed by atoms with Crippen LogP contribution in [-0.2, 0) is 17.1 Å². The van der Waals surface area contributed by atoms with E-state index in [-0.39, 0.29) is 5.03 Å². The maximum absolute atomic E-state index is 12.4. The number of rotatable bonds is 2. The van der Waals surface area contributed by atoms with E-state index in [9.17, 15) is 8.42 Å². The standard InChI is InChI=1S/C10H17N5O2S/c1-13-4-8-6-15(7-9(8)5-13)18(16,17)10-3-11-12-14(10)2/h3,8-9H,4-7H2,1-2H3/t8-,9+. The molecule has 2 fully saturated rings. The smallest absolute Gasteiger partial charge is 0.261 e. The SMILES string of the molecule is CN1C[C@@H]2CN(S(=O)(=O)c3cnnn3C)C[C@@H]2C1. The molecule has 2 aliphatic heterocycles. The third-order valence-electron chi connectivity index (χ3n) is 3.91. The minimum absolute atomic E-state index is 0.177. The molecule has 3 rings (SSSR count). The van der Waals surface area contributed by atoms with Gasteiger partial charge in [0.1, 0.15) is 0 Å². The van der Waals surface area contributed by atoms with Gasteiger partial charge in [0.2, 0.25) is 0 Å². The molecule has 1 aromatic rings. The van der Waals surface area contributed by atoms with Gasteiger partial charge in [0.15, 0.2) is 5.03 Å². The summed E-state index contributed by atoms with van der Waals surface area (Å²) in [5, 5.41) is 7.51. The van der Waals surface area contributed by atoms with Crippen molar-refractivity contribution in [3.05, 3.63) is 6.20 Å². The highest BCUT2D eigenvalue weighted by atomic mass is 32.2. The van der Waals surface area contributed by atoms with Crippen molar-refractivity contribution in [2.45, 2.75) is 5.03 Å². The van der Waals surface area contributed by atoms with Crippen molar-refractivity contribution in [1.82, 2.24) is 24.2 Å². The monoisotopic (exact) mass is 271 g/mol. The summed E-state index contributed by atoms with van der Waals surface area (Å²) < 4.78 is 27.8. The second kappa shape index (κ2) is 4.01. The Hall–Kier alpha value is -0.990. The Labute approximate surface area is 106 Å². The minimum atomic E-state index is -3.43. The van der Waals surface area contributed by atoms with Crippen LogP contribution in [0.1, 0.15) is 0 Å². The van der Waals surface area contributed by atoms with Gasteiger partial charge in [-0.2, -0.15) is 4.31 Å². The first kappa shape index (κ1) is 12.1. The fraction of sp³-hybridized carbons (Fsp3) is 0.800. The quantitative estimate of drug-likeness (QED) is 0.690. The number of aromatic nitrogens is 3. The van der Waals surface area contributed by atoms with Crippen molar-refractivity contribution < 1.29 is 8.42 Å². The van der Waals surface area contributed by atoms with Crippen LogP contribution in [0.2, 0.25) is 0 Å². The fourth-order valence-electron chi connectivity index (χ4n) is 3.03. The Morgan fingerprint density at radius 2 is 1.78 bits per heavy atom. The van der Waals surface area contributed by atoms with Crippen molar-refractivity contribution >= 4 is 10.0 Å². The van der Waals surface area contributed by atoms with Gasteiger partial charge in [0, 0.05) is 33.2 Å². The van der Waals surface area contributed by atoms with Gasteiger partial charge < -0.3 is 4.90 Å². The molecule has 2 atom stereocenters. The minimum Gasteiger partial charge on any atom is -0.306 e. The summed E-state index contributed by atoms with van der Waals surface area (Å²) in [6.45, 7) is 3.20. The molecule has 0 aromatic carbocycles. The molecular formula is C10H17N5O2S. The molecular weight excluding hydrogens is 254 g/mol. The predicted octanol–water partition coefficient (Wildman–Crippen LogP) is -1.00. The first-order valence-corrected chi connectivity index (χ1v) is 7.46. The average molecular weight is 271 g/mol. The van der Waals surface area contributed by atoms with Crippen LogP contribution in [-0.4, -0.2) is 65.8 Å². The van der Waals surface area contributed by atoms with Crippen LogP contribution in [0.5, 0.6) is 0 Å². The number of nitrogens with zero attached hydrogens (tertiary/aromatic N) is 5. The average Bonchev–Trinajstić information content (AvgIpc) is 2.91. The highest BCUT2D eigenvalue weighted by molar-refractivity contribution is 7.89. The van der Waals surface area contributed by atoms with Gasteiger partial charge in [-0.1, -0.05) is 5.21 Å². The lowest BCUT2D eigenvalue weighted by molar-refractivity contribution is 0.348. The van der Waals surface area contributed by atoms with Crippen LogP contribution in [0.4, 0.5) is 0 Å². The number of likely N-dealkylation sites (tertiary alicyclic amines) is 1. The largest absolute Gasteiger partial charge is 0.306 e. The lowest BCUT2D eigenvalue weighted by Gasteiger charge is -2.18. The molecule has 0 N–H and O–H groups in total. The Kier molecular flexibility index (Phi) is 2.68. The summed E-state index contributed by atoms with van der Waals surface area (Å²) in [4.78, 5) is 2.27. The maximum Gasteiger partial charge on any atom is 0.261 e. The normalized spacial score (nSPS) is 29.9.